The molecule has 82 valence electrons. The molecule has 2 atom stereocenters. The minimum absolute atomic E-state index is 0.164. The van der Waals surface area contributed by atoms with Gasteiger partial charge in [0, 0.05) is 18.3 Å². The van der Waals surface area contributed by atoms with Crippen molar-refractivity contribution in [2.45, 2.75) is 46.5 Å². The number of nitrogens with two attached hydrogens (primary N) is 1. The number of carbonyl (C=O) groups is 2. The molecule has 0 saturated heterocycles. The molecular formula is C11H21NO2. The predicted molar refractivity (Wildman–Crippen MR) is 56.7 cm³/mol. The summed E-state index contributed by atoms with van der Waals surface area (Å²) < 4.78 is 0. The van der Waals surface area contributed by atoms with Gasteiger partial charge in [0.25, 0.3) is 0 Å². The zero-order valence-corrected chi connectivity index (χ0v) is 9.38. The van der Waals surface area contributed by atoms with Crippen LogP contribution in [0.25, 0.3) is 0 Å². The topological polar surface area (TPSA) is 60.2 Å². The zero-order valence-electron chi connectivity index (χ0n) is 9.38. The number of rotatable bonds is 7. The van der Waals surface area contributed by atoms with E-state index in [9.17, 15) is 9.59 Å². The minimum atomic E-state index is -0.357. The van der Waals surface area contributed by atoms with Crippen molar-refractivity contribution in [3.05, 3.63) is 0 Å². The normalized spacial score (nSPS) is 14.8. The summed E-state index contributed by atoms with van der Waals surface area (Å²) in [5, 5.41) is 0. The van der Waals surface area contributed by atoms with Gasteiger partial charge in [-0.25, -0.2) is 0 Å². The van der Waals surface area contributed by atoms with Gasteiger partial charge in [0.05, 0.1) is 0 Å². The Labute approximate surface area is 86.1 Å². The van der Waals surface area contributed by atoms with Crippen LogP contribution in [0, 0.1) is 11.8 Å². The van der Waals surface area contributed by atoms with E-state index in [0.717, 1.165) is 12.8 Å². The fraction of sp³-hybridized carbons (Fsp3) is 0.818. The largest absolute Gasteiger partial charge is 0.369 e. The SMILES string of the molecule is CCCCC(=O)C(C)C(CC)C(N)=O. The summed E-state index contributed by atoms with van der Waals surface area (Å²) in [6.45, 7) is 5.74. The lowest BCUT2D eigenvalue weighted by Crippen LogP contribution is -2.32. The van der Waals surface area contributed by atoms with E-state index < -0.39 is 0 Å². The number of carbonyl (C=O) groups excluding carboxylic acids is 2. The molecule has 0 fully saturated rings. The predicted octanol–water partition coefficient (Wildman–Crippen LogP) is 1.89. The lowest BCUT2D eigenvalue weighted by molar-refractivity contribution is -0.131. The van der Waals surface area contributed by atoms with Gasteiger partial charge in [-0.1, -0.05) is 27.2 Å². The van der Waals surface area contributed by atoms with Crippen molar-refractivity contribution >= 4 is 11.7 Å². The Bertz CT molecular complexity index is 201. The number of amides is 1. The van der Waals surface area contributed by atoms with E-state index in [2.05, 4.69) is 0 Å². The van der Waals surface area contributed by atoms with E-state index in [0.29, 0.717) is 12.8 Å². The van der Waals surface area contributed by atoms with Gasteiger partial charge in [-0.15, -0.1) is 0 Å². The number of hydrogen-bond acceptors (Lipinski definition) is 2. The molecule has 3 nitrogen and oxygen atoms in total. The average Bonchev–Trinajstić information content (AvgIpc) is 2.14. The second kappa shape index (κ2) is 6.57. The molecule has 2 unspecified atom stereocenters. The maximum Gasteiger partial charge on any atom is 0.221 e. The van der Waals surface area contributed by atoms with E-state index >= 15 is 0 Å². The molecule has 14 heavy (non-hydrogen) atoms. The Morgan fingerprint density at radius 2 is 1.86 bits per heavy atom. The van der Waals surface area contributed by atoms with E-state index in [-0.39, 0.29) is 23.5 Å². The molecule has 2 N–H and O–H groups in total. The lowest BCUT2D eigenvalue weighted by Gasteiger charge is -2.18. The number of unbranched alkanes of at least 4 members (excludes halogenated alkanes) is 1. The van der Waals surface area contributed by atoms with Crippen molar-refractivity contribution in [3.8, 4) is 0 Å². The maximum atomic E-state index is 11.6. The van der Waals surface area contributed by atoms with Crippen LogP contribution >= 0.6 is 0 Å². The van der Waals surface area contributed by atoms with Crippen LogP contribution < -0.4 is 5.73 Å². The first kappa shape index (κ1) is 13.1. The van der Waals surface area contributed by atoms with Crippen LogP contribution in [0.3, 0.4) is 0 Å². The molecule has 0 aliphatic heterocycles. The van der Waals surface area contributed by atoms with Gasteiger partial charge in [0.15, 0.2) is 0 Å². The average molecular weight is 199 g/mol. The third-order valence-electron chi connectivity index (χ3n) is 2.69. The molecule has 0 bridgehead atoms. The molecule has 1 amide bonds. The molecule has 3 heteroatoms. The van der Waals surface area contributed by atoms with Gasteiger partial charge >= 0.3 is 0 Å². The number of ketones is 1. The molecule has 0 aliphatic rings. The zero-order chi connectivity index (χ0) is 11.1. The Morgan fingerprint density at radius 3 is 2.21 bits per heavy atom. The number of primary amides is 1. The molecule has 0 spiro atoms. The summed E-state index contributed by atoms with van der Waals surface area (Å²) in [6.07, 6.45) is 3.13. The fourth-order valence-corrected chi connectivity index (χ4v) is 1.60. The van der Waals surface area contributed by atoms with Crippen LogP contribution in [0.15, 0.2) is 0 Å². The van der Waals surface area contributed by atoms with Gasteiger partial charge in [-0.2, -0.15) is 0 Å². The molecule has 0 aromatic rings. The summed E-state index contributed by atoms with van der Waals surface area (Å²) in [7, 11) is 0. The van der Waals surface area contributed by atoms with Crippen LogP contribution in [0.1, 0.15) is 46.5 Å². The lowest BCUT2D eigenvalue weighted by atomic mass is 9.86. The molecular weight excluding hydrogens is 178 g/mol. The molecule has 0 aromatic heterocycles. The highest BCUT2D eigenvalue weighted by atomic mass is 16.1. The van der Waals surface area contributed by atoms with Crippen molar-refractivity contribution < 1.29 is 9.59 Å². The molecule has 0 heterocycles. The highest BCUT2D eigenvalue weighted by molar-refractivity contribution is 5.87. The molecule has 0 saturated carbocycles. The quantitative estimate of drug-likeness (QED) is 0.680. The smallest absolute Gasteiger partial charge is 0.221 e. The van der Waals surface area contributed by atoms with Crippen molar-refractivity contribution in [3.63, 3.8) is 0 Å². The molecule has 0 rings (SSSR count). The first-order valence-electron chi connectivity index (χ1n) is 5.36. The highest BCUT2D eigenvalue weighted by Gasteiger charge is 2.25. The minimum Gasteiger partial charge on any atom is -0.369 e. The number of hydrogen-bond donors (Lipinski definition) is 1. The molecule has 0 radical (unpaired) electrons. The van der Waals surface area contributed by atoms with Gasteiger partial charge in [0.1, 0.15) is 5.78 Å². The standard InChI is InChI=1S/C11H21NO2/c1-4-6-7-10(13)8(3)9(5-2)11(12)14/h8-9H,4-7H2,1-3H3,(H2,12,14). The first-order chi connectivity index (χ1) is 6.54. The van der Waals surface area contributed by atoms with Crippen LogP contribution in [-0.4, -0.2) is 11.7 Å². The Balaban J connectivity index is 4.20. The van der Waals surface area contributed by atoms with E-state index in [1.54, 1.807) is 6.92 Å². The van der Waals surface area contributed by atoms with Gasteiger partial charge in [0.2, 0.25) is 5.91 Å². The second-order valence-electron chi connectivity index (χ2n) is 3.78. The van der Waals surface area contributed by atoms with Crippen molar-refractivity contribution in [1.82, 2.24) is 0 Å². The third-order valence-corrected chi connectivity index (χ3v) is 2.69. The van der Waals surface area contributed by atoms with Crippen LogP contribution in [0.2, 0.25) is 0 Å². The van der Waals surface area contributed by atoms with Crippen LogP contribution in [-0.2, 0) is 9.59 Å². The fourth-order valence-electron chi connectivity index (χ4n) is 1.60. The monoisotopic (exact) mass is 199 g/mol. The Morgan fingerprint density at radius 1 is 1.29 bits per heavy atom. The summed E-state index contributed by atoms with van der Waals surface area (Å²) >= 11 is 0. The van der Waals surface area contributed by atoms with Crippen LogP contribution in [0.4, 0.5) is 0 Å². The summed E-state index contributed by atoms with van der Waals surface area (Å²) in [6, 6.07) is 0. The molecule has 0 aliphatic carbocycles. The van der Waals surface area contributed by atoms with Gasteiger partial charge < -0.3 is 5.73 Å². The van der Waals surface area contributed by atoms with Gasteiger partial charge in [-0.3, -0.25) is 9.59 Å². The van der Waals surface area contributed by atoms with E-state index in [1.807, 2.05) is 13.8 Å². The van der Waals surface area contributed by atoms with Gasteiger partial charge in [-0.05, 0) is 12.8 Å². The number of Topliss-reactive ketones (excluding diaryl/α,β-unsaturated/α-hetero) is 1. The van der Waals surface area contributed by atoms with Crippen LogP contribution in [0.5, 0.6) is 0 Å². The third kappa shape index (κ3) is 3.90. The maximum absolute atomic E-state index is 11.6. The molecule has 0 aromatic carbocycles. The van der Waals surface area contributed by atoms with Crippen molar-refractivity contribution in [2.24, 2.45) is 17.6 Å². The highest BCUT2D eigenvalue weighted by Crippen LogP contribution is 2.18. The Hall–Kier alpha value is -0.860. The van der Waals surface area contributed by atoms with Crippen molar-refractivity contribution in [1.29, 1.82) is 0 Å². The van der Waals surface area contributed by atoms with E-state index in [1.165, 1.54) is 0 Å². The first-order valence-corrected chi connectivity index (χ1v) is 5.36. The summed E-state index contributed by atoms with van der Waals surface area (Å²) in [4.78, 5) is 22.6. The summed E-state index contributed by atoms with van der Waals surface area (Å²) in [5.74, 6) is -0.703. The summed E-state index contributed by atoms with van der Waals surface area (Å²) in [5.41, 5.74) is 5.22. The van der Waals surface area contributed by atoms with E-state index in [4.69, 9.17) is 5.73 Å². The second-order valence-corrected chi connectivity index (χ2v) is 3.78. The Kier molecular flexibility index (Phi) is 6.17. The van der Waals surface area contributed by atoms with Crippen molar-refractivity contribution in [2.75, 3.05) is 0 Å².